The number of likely N-dealkylation sites (N-methyl/N-ethyl adjacent to an activating group) is 1. The van der Waals surface area contributed by atoms with Crippen molar-refractivity contribution in [3.05, 3.63) is 158 Å². The molecule has 0 saturated heterocycles. The molecule has 0 rings (SSSR count). The van der Waals surface area contributed by atoms with Gasteiger partial charge in [0, 0.05) is 12.8 Å². The molecule has 0 aromatic rings. The van der Waals surface area contributed by atoms with Crippen LogP contribution in [-0.2, 0) is 32.7 Å². The Bertz CT molecular complexity index is 2320. The molecule has 0 aromatic heterocycles. The smallest absolute Gasteiger partial charge is 0.462 e. The number of allylic oxidation sites excluding steroid dienone is 26. The average molecular weight is 1470 g/mol. The average Bonchev–Trinajstić information content (AvgIpc) is 0.920. The van der Waals surface area contributed by atoms with E-state index >= 15 is 0 Å². The fourth-order valence-electron chi connectivity index (χ4n) is 12.1. The summed E-state index contributed by atoms with van der Waals surface area (Å²) in [4.78, 5) is 36.1. The van der Waals surface area contributed by atoms with E-state index in [0.29, 0.717) is 17.4 Å². The first kappa shape index (κ1) is 99.6. The maximum absolute atomic E-state index is 12.9. The number of unbranched alkanes of at least 4 members (excludes halogenated alkanes) is 39. The van der Waals surface area contributed by atoms with Crippen molar-refractivity contribution < 1.29 is 42.1 Å². The van der Waals surface area contributed by atoms with Gasteiger partial charge in [0.05, 0.1) is 27.7 Å². The summed E-state index contributed by atoms with van der Waals surface area (Å²) in [6, 6.07) is 0. The van der Waals surface area contributed by atoms with E-state index in [4.69, 9.17) is 18.5 Å². The van der Waals surface area contributed by atoms with Gasteiger partial charge in [-0.05, 0) is 122 Å². The summed E-state index contributed by atoms with van der Waals surface area (Å²) in [7, 11) is 1.48. The number of phosphoric ester groups is 1. The summed E-state index contributed by atoms with van der Waals surface area (Å²) >= 11 is 0. The third kappa shape index (κ3) is 86.5. The Balaban J connectivity index is 3.94. The van der Waals surface area contributed by atoms with Crippen LogP contribution in [0.1, 0.15) is 373 Å². The highest BCUT2D eigenvalue weighted by Crippen LogP contribution is 2.43. The molecule has 10 heteroatoms. The minimum atomic E-state index is -4.40. The molecule has 0 heterocycles. The monoisotopic (exact) mass is 1470 g/mol. The maximum atomic E-state index is 12.9. The SMILES string of the molecule is CC/C=C\C/C=C\C/C=C\C/C=C\C/C=C\C/C=C\C/C=C\C/C=C\C/C=C\CCCCCCCCCCCCCCCC(=O)OC(COC(=O)CCCCCCCCCCCCCCCCCCCCCCCCCCCC/C=C\C/C=C\C/C=C\C/C=C\CC)COP(=O)(O)OCC[N+](C)(C)C. The molecule has 9 nitrogen and oxygen atoms in total. The minimum absolute atomic E-state index is 0.0280. The van der Waals surface area contributed by atoms with Crippen LogP contribution in [0.5, 0.6) is 0 Å². The van der Waals surface area contributed by atoms with Crippen molar-refractivity contribution in [1.82, 2.24) is 0 Å². The third-order valence-electron chi connectivity index (χ3n) is 18.6. The Labute approximate surface area is 643 Å². The van der Waals surface area contributed by atoms with Crippen LogP contribution >= 0.6 is 7.82 Å². The first-order valence-electron chi connectivity index (χ1n) is 43.2. The fraction of sp³-hybridized carbons (Fsp3) is 0.702. The maximum Gasteiger partial charge on any atom is 0.472 e. The molecule has 0 aromatic carbocycles. The highest BCUT2D eigenvalue weighted by molar-refractivity contribution is 7.47. The first-order valence-corrected chi connectivity index (χ1v) is 44.7. The Morgan fingerprint density at radius 3 is 0.769 bits per heavy atom. The number of nitrogens with zero attached hydrogens (tertiary/aromatic N) is 1. The molecule has 0 spiro atoms. The van der Waals surface area contributed by atoms with E-state index in [1.807, 2.05) is 21.1 Å². The summed E-state index contributed by atoms with van der Waals surface area (Å²) in [5.74, 6) is -0.789. The van der Waals surface area contributed by atoms with Crippen LogP contribution in [0.15, 0.2) is 158 Å². The highest BCUT2D eigenvalue weighted by atomic mass is 31.2. The van der Waals surface area contributed by atoms with Crippen LogP contribution in [0.25, 0.3) is 0 Å². The fourth-order valence-corrected chi connectivity index (χ4v) is 12.8. The van der Waals surface area contributed by atoms with E-state index in [1.165, 1.54) is 218 Å². The van der Waals surface area contributed by atoms with E-state index in [-0.39, 0.29) is 32.0 Å². The lowest BCUT2D eigenvalue weighted by Gasteiger charge is -2.24. The van der Waals surface area contributed by atoms with E-state index < -0.39 is 26.5 Å². The molecule has 0 aliphatic carbocycles. The largest absolute Gasteiger partial charge is 0.472 e. The van der Waals surface area contributed by atoms with Gasteiger partial charge < -0.3 is 18.9 Å². The Morgan fingerprint density at radius 1 is 0.298 bits per heavy atom. The molecule has 0 radical (unpaired) electrons. The third-order valence-corrected chi connectivity index (χ3v) is 19.5. The van der Waals surface area contributed by atoms with Crippen molar-refractivity contribution in [2.45, 2.75) is 380 Å². The number of ether oxygens (including phenoxy) is 2. The number of carbonyl (C=O) groups excluding carboxylic acids is 2. The molecular weight excluding hydrogens is 1300 g/mol. The first-order chi connectivity index (χ1) is 51.0. The summed E-state index contributed by atoms with van der Waals surface area (Å²) in [5, 5.41) is 0. The van der Waals surface area contributed by atoms with Crippen LogP contribution in [0.3, 0.4) is 0 Å². The molecule has 0 aliphatic heterocycles. The van der Waals surface area contributed by atoms with E-state index in [0.717, 1.165) is 122 Å². The standard InChI is InChI=1S/C94H162NO8P/c1-6-8-10-12-14-16-18-20-22-24-26-28-30-32-34-36-38-40-42-44-46-47-49-51-53-55-57-59-61-63-65-67-69-71-73-75-77-79-81-83-85-87-94(97)103-92(91-102-104(98,99)101-89-88-95(3,4)5)90-100-93(96)86-84-82-80-78-76-74-72-70-68-66-64-62-60-58-56-54-52-50-48-45-43-41-39-37-35-33-31-29-27-25-23-21-19-17-15-13-11-9-7-2/h8-11,14-17,20-23,26-29,32,34,38,40,44,46,49,51,55,57,92H,6-7,12-13,18-19,24-25,30-31,33,35-37,39,41-43,45,47-48,50,52-54,56,58-91H2,1-5H3/p+1/b10-8-,11-9-,16-14-,17-15-,22-20-,23-21-,28-26-,29-27-,34-32-,40-38-,46-44-,51-49-,57-55-. The quantitative estimate of drug-likeness (QED) is 0.0211. The van der Waals surface area contributed by atoms with Gasteiger partial charge in [0.1, 0.15) is 19.8 Å². The van der Waals surface area contributed by atoms with E-state index in [1.54, 1.807) is 0 Å². The van der Waals surface area contributed by atoms with Gasteiger partial charge in [-0.1, -0.05) is 397 Å². The van der Waals surface area contributed by atoms with Crippen LogP contribution in [0.4, 0.5) is 0 Å². The molecule has 0 aliphatic rings. The van der Waals surface area contributed by atoms with E-state index in [2.05, 4.69) is 172 Å². The second-order valence-electron chi connectivity index (χ2n) is 29.8. The van der Waals surface area contributed by atoms with Gasteiger partial charge in [-0.2, -0.15) is 0 Å². The van der Waals surface area contributed by atoms with Gasteiger partial charge in [-0.25, -0.2) is 4.57 Å². The molecule has 0 fully saturated rings. The number of hydrogen-bond donors (Lipinski definition) is 1. The lowest BCUT2D eigenvalue weighted by atomic mass is 10.0. The number of hydrogen-bond acceptors (Lipinski definition) is 7. The van der Waals surface area contributed by atoms with Crippen LogP contribution in [-0.4, -0.2) is 74.9 Å². The second kappa shape index (κ2) is 82.7. The molecule has 104 heavy (non-hydrogen) atoms. The Kier molecular flexibility index (Phi) is 79.2. The zero-order valence-corrected chi connectivity index (χ0v) is 69.1. The zero-order valence-electron chi connectivity index (χ0n) is 68.2. The van der Waals surface area contributed by atoms with Crippen molar-refractivity contribution in [2.24, 2.45) is 0 Å². The van der Waals surface area contributed by atoms with Gasteiger partial charge in [-0.3, -0.25) is 18.6 Å². The number of esters is 2. The molecule has 0 amide bonds. The van der Waals surface area contributed by atoms with Gasteiger partial charge >= 0.3 is 19.8 Å². The Morgan fingerprint density at radius 2 is 0.519 bits per heavy atom. The predicted molar refractivity (Wildman–Crippen MR) is 454 cm³/mol. The summed E-state index contributed by atoms with van der Waals surface area (Å²) < 4.78 is 34.9. The normalized spacial score (nSPS) is 13.8. The lowest BCUT2D eigenvalue weighted by molar-refractivity contribution is -0.870. The van der Waals surface area contributed by atoms with Gasteiger partial charge in [0.15, 0.2) is 6.10 Å². The molecule has 0 saturated carbocycles. The molecule has 596 valence electrons. The van der Waals surface area contributed by atoms with Crippen molar-refractivity contribution in [3.8, 4) is 0 Å². The molecule has 2 atom stereocenters. The summed E-state index contributed by atoms with van der Waals surface area (Å²) in [6.45, 7) is 4.24. The van der Waals surface area contributed by atoms with Crippen molar-refractivity contribution in [1.29, 1.82) is 0 Å². The summed E-state index contributed by atoms with van der Waals surface area (Å²) in [5.41, 5.74) is 0. The molecule has 0 bridgehead atoms. The van der Waals surface area contributed by atoms with Crippen LogP contribution in [0, 0.1) is 0 Å². The van der Waals surface area contributed by atoms with E-state index in [9.17, 15) is 19.0 Å². The summed E-state index contributed by atoms with van der Waals surface area (Å²) in [6.07, 6.45) is 124. The molecular formula is C94H163NO8P+. The number of carbonyl (C=O) groups is 2. The van der Waals surface area contributed by atoms with Crippen molar-refractivity contribution in [3.63, 3.8) is 0 Å². The minimum Gasteiger partial charge on any atom is -0.462 e. The highest BCUT2D eigenvalue weighted by Gasteiger charge is 2.27. The lowest BCUT2D eigenvalue weighted by Crippen LogP contribution is -2.37. The number of phosphoric acid groups is 1. The van der Waals surface area contributed by atoms with Gasteiger partial charge in [0.2, 0.25) is 0 Å². The van der Waals surface area contributed by atoms with Crippen LogP contribution in [0.2, 0.25) is 0 Å². The Hall–Kier alpha value is -4.37. The zero-order chi connectivity index (χ0) is 75.4. The second-order valence-corrected chi connectivity index (χ2v) is 31.3. The number of quaternary nitrogens is 1. The van der Waals surface area contributed by atoms with Gasteiger partial charge in [0.25, 0.3) is 0 Å². The number of rotatable bonds is 79. The van der Waals surface area contributed by atoms with Crippen LogP contribution < -0.4 is 0 Å². The predicted octanol–water partition coefficient (Wildman–Crippen LogP) is 29.4. The molecule has 2 unspecified atom stereocenters. The topological polar surface area (TPSA) is 108 Å². The van der Waals surface area contributed by atoms with Gasteiger partial charge in [-0.15, -0.1) is 0 Å². The van der Waals surface area contributed by atoms with Crippen molar-refractivity contribution in [2.75, 3.05) is 47.5 Å². The van der Waals surface area contributed by atoms with Crippen molar-refractivity contribution >= 4 is 19.8 Å². The molecule has 1 N–H and O–H groups in total.